The average molecular weight is 570 g/mol. The number of benzene rings is 3. The van der Waals surface area contributed by atoms with Crippen LogP contribution in [0.1, 0.15) is 35.3 Å². The second-order valence-electron chi connectivity index (χ2n) is 9.12. The average Bonchev–Trinajstić information content (AvgIpc) is 2.90. The van der Waals surface area contributed by atoms with Crippen LogP contribution in [-0.4, -0.2) is 56.3 Å². The van der Waals surface area contributed by atoms with Gasteiger partial charge in [0.1, 0.15) is 12.6 Å². The summed E-state index contributed by atoms with van der Waals surface area (Å²) in [6, 6.07) is 21.4. The lowest BCUT2D eigenvalue weighted by atomic mass is 10.0. The number of carbonyl (C=O) groups is 3. The Morgan fingerprint density at radius 2 is 1.59 bits per heavy atom. The number of halogens is 1. The van der Waals surface area contributed by atoms with Gasteiger partial charge in [0, 0.05) is 30.1 Å². The first-order chi connectivity index (χ1) is 18.5. The van der Waals surface area contributed by atoms with E-state index in [0.717, 1.165) is 21.7 Å². The highest BCUT2D eigenvalue weighted by Gasteiger charge is 2.33. The van der Waals surface area contributed by atoms with Crippen LogP contribution in [0, 0.1) is 0 Å². The Hall–Kier alpha value is -3.69. The molecule has 206 valence electrons. The normalized spacial score (nSPS) is 11.9. The van der Waals surface area contributed by atoms with Crippen LogP contribution in [0.2, 0.25) is 5.02 Å². The number of carbonyl (C=O) groups excluding carboxylic acids is 3. The van der Waals surface area contributed by atoms with Crippen molar-refractivity contribution in [2.45, 2.75) is 32.9 Å². The summed E-state index contributed by atoms with van der Waals surface area (Å²) in [6.45, 7) is 3.02. The Morgan fingerprint density at radius 1 is 0.923 bits per heavy atom. The van der Waals surface area contributed by atoms with Crippen LogP contribution in [0.15, 0.2) is 78.9 Å². The molecule has 0 heterocycles. The lowest BCUT2D eigenvalue weighted by Gasteiger charge is -2.33. The minimum atomic E-state index is -3.93. The van der Waals surface area contributed by atoms with Crippen LogP contribution >= 0.6 is 11.6 Å². The molecule has 10 heteroatoms. The van der Waals surface area contributed by atoms with Crippen LogP contribution in [0.25, 0.3) is 0 Å². The number of nitrogens with zero attached hydrogens (tertiary/aromatic N) is 2. The monoisotopic (exact) mass is 569 g/mol. The van der Waals surface area contributed by atoms with Gasteiger partial charge in [-0.15, -0.1) is 0 Å². The molecule has 0 bridgehead atoms. The summed E-state index contributed by atoms with van der Waals surface area (Å²) in [4.78, 5) is 40.6. The Labute approximate surface area is 234 Å². The van der Waals surface area contributed by atoms with E-state index in [2.05, 4.69) is 5.32 Å². The van der Waals surface area contributed by atoms with E-state index in [1.54, 1.807) is 43.3 Å². The van der Waals surface area contributed by atoms with Crippen molar-refractivity contribution in [2.75, 3.05) is 23.7 Å². The number of amides is 2. The van der Waals surface area contributed by atoms with Crippen molar-refractivity contribution in [3.8, 4) is 0 Å². The Bertz CT molecular complexity index is 1410. The van der Waals surface area contributed by atoms with Gasteiger partial charge in [-0.3, -0.25) is 18.7 Å². The first-order valence-corrected chi connectivity index (χ1v) is 14.7. The van der Waals surface area contributed by atoms with Crippen molar-refractivity contribution in [1.29, 1.82) is 0 Å². The zero-order chi connectivity index (χ0) is 28.6. The van der Waals surface area contributed by atoms with Gasteiger partial charge in [-0.05, 0) is 49.2 Å². The van der Waals surface area contributed by atoms with E-state index in [-0.39, 0.29) is 30.3 Å². The second kappa shape index (κ2) is 13.4. The summed E-state index contributed by atoms with van der Waals surface area (Å²) >= 11 is 6.05. The standard InChI is InChI=1S/C29H32ClN3O5S/c1-4-31-29(36)27(17-22-9-6-5-7-10-22)32(19-23-13-15-25(30)16-14-23)28(35)20-33(39(3,37)38)26-12-8-11-24(18-26)21(2)34/h5-16,18,27H,4,17,19-20H2,1-3H3,(H,31,36)/t27-/m1/s1. The lowest BCUT2D eigenvalue weighted by Crippen LogP contribution is -2.53. The van der Waals surface area contributed by atoms with Gasteiger partial charge in [0.05, 0.1) is 11.9 Å². The SMILES string of the molecule is CCNC(=O)[C@@H](Cc1ccccc1)N(Cc1ccc(Cl)cc1)C(=O)CN(c1cccc(C(C)=O)c1)S(C)(=O)=O. The first-order valence-electron chi connectivity index (χ1n) is 12.4. The van der Waals surface area contributed by atoms with Gasteiger partial charge < -0.3 is 10.2 Å². The van der Waals surface area contributed by atoms with E-state index in [0.29, 0.717) is 17.1 Å². The van der Waals surface area contributed by atoms with Crippen molar-refractivity contribution in [1.82, 2.24) is 10.2 Å². The molecule has 3 aromatic rings. The van der Waals surface area contributed by atoms with Crippen molar-refractivity contribution < 1.29 is 22.8 Å². The molecule has 8 nitrogen and oxygen atoms in total. The van der Waals surface area contributed by atoms with Crippen molar-refractivity contribution >= 4 is 44.9 Å². The molecule has 1 N–H and O–H groups in total. The maximum atomic E-state index is 14.0. The molecule has 3 rings (SSSR count). The van der Waals surface area contributed by atoms with Crippen molar-refractivity contribution in [3.63, 3.8) is 0 Å². The zero-order valence-corrected chi connectivity index (χ0v) is 23.7. The number of likely N-dealkylation sites (N-methyl/N-ethyl adjacent to an activating group) is 1. The predicted molar refractivity (Wildman–Crippen MR) is 153 cm³/mol. The number of Topliss-reactive ketones (excluding diaryl/α,β-unsaturated/α-hetero) is 1. The highest BCUT2D eigenvalue weighted by atomic mass is 35.5. The molecule has 39 heavy (non-hydrogen) atoms. The molecule has 0 aliphatic rings. The Kier molecular flexibility index (Phi) is 10.3. The van der Waals surface area contributed by atoms with E-state index in [9.17, 15) is 22.8 Å². The number of rotatable bonds is 12. The fraction of sp³-hybridized carbons (Fsp3) is 0.276. The van der Waals surface area contributed by atoms with Crippen LogP contribution < -0.4 is 9.62 Å². The van der Waals surface area contributed by atoms with Gasteiger partial charge >= 0.3 is 0 Å². The molecule has 0 unspecified atom stereocenters. The van der Waals surface area contributed by atoms with Crippen LogP contribution in [0.5, 0.6) is 0 Å². The van der Waals surface area contributed by atoms with Crippen molar-refractivity contribution in [3.05, 3.63) is 101 Å². The van der Waals surface area contributed by atoms with Gasteiger partial charge in [0.2, 0.25) is 21.8 Å². The summed E-state index contributed by atoms with van der Waals surface area (Å²) in [5.41, 5.74) is 2.06. The lowest BCUT2D eigenvalue weighted by molar-refractivity contribution is -0.140. The number of anilines is 1. The first kappa shape index (κ1) is 29.9. The van der Waals surface area contributed by atoms with E-state index >= 15 is 0 Å². The summed E-state index contributed by atoms with van der Waals surface area (Å²) < 4.78 is 26.6. The van der Waals surface area contributed by atoms with Crippen LogP contribution in [0.3, 0.4) is 0 Å². The Morgan fingerprint density at radius 3 is 2.18 bits per heavy atom. The summed E-state index contributed by atoms with van der Waals surface area (Å²) in [6.07, 6.45) is 1.22. The largest absolute Gasteiger partial charge is 0.355 e. The minimum Gasteiger partial charge on any atom is -0.355 e. The third kappa shape index (κ3) is 8.40. The van der Waals surface area contributed by atoms with Gasteiger partial charge in [0.15, 0.2) is 5.78 Å². The fourth-order valence-corrected chi connectivity index (χ4v) is 5.09. The summed E-state index contributed by atoms with van der Waals surface area (Å²) in [7, 11) is -3.93. The predicted octanol–water partition coefficient (Wildman–Crippen LogP) is 4.08. The maximum Gasteiger partial charge on any atom is 0.244 e. The molecule has 0 aliphatic carbocycles. The van der Waals surface area contributed by atoms with Crippen LogP contribution in [0.4, 0.5) is 5.69 Å². The van der Waals surface area contributed by atoms with Gasteiger partial charge in [-0.25, -0.2) is 8.42 Å². The van der Waals surface area contributed by atoms with Gasteiger partial charge in [-0.2, -0.15) is 0 Å². The maximum absolute atomic E-state index is 14.0. The molecule has 2 amide bonds. The number of hydrogen-bond donors (Lipinski definition) is 1. The third-order valence-electron chi connectivity index (χ3n) is 6.11. The highest BCUT2D eigenvalue weighted by Crippen LogP contribution is 2.22. The van der Waals surface area contributed by atoms with E-state index in [1.807, 2.05) is 30.3 Å². The van der Waals surface area contributed by atoms with Gasteiger partial charge in [0.25, 0.3) is 0 Å². The highest BCUT2D eigenvalue weighted by molar-refractivity contribution is 7.92. The summed E-state index contributed by atoms with van der Waals surface area (Å²) in [5, 5.41) is 3.33. The topological polar surface area (TPSA) is 104 Å². The number of nitrogens with one attached hydrogen (secondary N) is 1. The third-order valence-corrected chi connectivity index (χ3v) is 7.50. The van der Waals surface area contributed by atoms with E-state index in [4.69, 9.17) is 11.6 Å². The van der Waals surface area contributed by atoms with Crippen molar-refractivity contribution in [2.24, 2.45) is 0 Å². The number of sulfonamides is 1. The smallest absolute Gasteiger partial charge is 0.244 e. The number of hydrogen-bond acceptors (Lipinski definition) is 5. The molecule has 1 atom stereocenters. The molecule has 0 saturated heterocycles. The zero-order valence-electron chi connectivity index (χ0n) is 22.1. The van der Waals surface area contributed by atoms with E-state index < -0.39 is 28.5 Å². The quantitative estimate of drug-likeness (QED) is 0.331. The van der Waals surface area contributed by atoms with Crippen LogP contribution in [-0.2, 0) is 32.6 Å². The molecule has 3 aromatic carbocycles. The number of ketones is 1. The molecular weight excluding hydrogens is 538 g/mol. The van der Waals surface area contributed by atoms with E-state index in [1.165, 1.54) is 24.0 Å². The molecule has 0 saturated carbocycles. The van der Waals surface area contributed by atoms with Gasteiger partial charge in [-0.1, -0.05) is 66.2 Å². The minimum absolute atomic E-state index is 0.0513. The molecule has 0 aromatic heterocycles. The molecule has 0 spiro atoms. The summed E-state index contributed by atoms with van der Waals surface area (Å²) in [5.74, 6) is -1.16. The molecule has 0 fully saturated rings. The molecular formula is C29H32ClN3O5S. The fourth-order valence-electron chi connectivity index (χ4n) is 4.13. The molecule has 0 radical (unpaired) electrons. The molecule has 0 aliphatic heterocycles. The second-order valence-corrected chi connectivity index (χ2v) is 11.5. The Balaban J connectivity index is 2.05.